The van der Waals surface area contributed by atoms with Gasteiger partial charge < -0.3 is 16.2 Å². The Bertz CT molecular complexity index is 417. The van der Waals surface area contributed by atoms with Gasteiger partial charge in [-0.15, -0.1) is 11.3 Å². The van der Waals surface area contributed by atoms with Gasteiger partial charge in [0.15, 0.2) is 5.69 Å². The number of amides is 1. The molecule has 1 aromatic heterocycles. The zero-order valence-electron chi connectivity index (χ0n) is 9.64. The Morgan fingerprint density at radius 2 is 2.24 bits per heavy atom. The molecule has 1 aromatic rings. The number of hydrogen-bond donors (Lipinski definition) is 3. The van der Waals surface area contributed by atoms with E-state index in [2.05, 4.69) is 10.3 Å². The molecule has 6 nitrogen and oxygen atoms in total. The van der Waals surface area contributed by atoms with Gasteiger partial charge in [-0.05, 0) is 5.92 Å². The fourth-order valence-electron chi connectivity index (χ4n) is 1.07. The first-order chi connectivity index (χ1) is 7.91. The van der Waals surface area contributed by atoms with Crippen molar-refractivity contribution in [2.75, 3.05) is 0 Å². The van der Waals surface area contributed by atoms with Crippen LogP contribution in [0.15, 0.2) is 5.38 Å². The van der Waals surface area contributed by atoms with Gasteiger partial charge in [0.2, 0.25) is 5.91 Å². The molecular weight excluding hydrogens is 242 g/mol. The van der Waals surface area contributed by atoms with Crippen molar-refractivity contribution < 1.29 is 14.7 Å². The predicted octanol–water partition coefficient (Wildman–Crippen LogP) is 0.441. The molecule has 0 spiro atoms. The third-order valence-electron chi connectivity index (χ3n) is 2.21. The van der Waals surface area contributed by atoms with Crippen LogP contribution in [0.3, 0.4) is 0 Å². The SMILES string of the molecule is CC(C)C(N)C(=O)NCc1nc(C(=O)O)cs1. The molecule has 17 heavy (non-hydrogen) atoms. The van der Waals surface area contributed by atoms with Gasteiger partial charge in [-0.25, -0.2) is 9.78 Å². The van der Waals surface area contributed by atoms with E-state index in [1.807, 2.05) is 13.8 Å². The lowest BCUT2D eigenvalue weighted by atomic mass is 10.1. The van der Waals surface area contributed by atoms with E-state index in [0.717, 1.165) is 0 Å². The molecule has 0 fully saturated rings. The molecule has 0 aliphatic heterocycles. The van der Waals surface area contributed by atoms with Crippen molar-refractivity contribution in [1.29, 1.82) is 0 Å². The van der Waals surface area contributed by atoms with E-state index in [1.165, 1.54) is 16.7 Å². The number of aromatic nitrogens is 1. The lowest BCUT2D eigenvalue weighted by molar-refractivity contribution is -0.123. The molecule has 0 aliphatic rings. The van der Waals surface area contributed by atoms with Crippen LogP contribution in [0, 0.1) is 5.92 Å². The second-order valence-electron chi connectivity index (χ2n) is 3.92. The molecule has 0 aromatic carbocycles. The third-order valence-corrected chi connectivity index (χ3v) is 3.05. The number of nitrogens with two attached hydrogens (primary N) is 1. The molecule has 1 rings (SSSR count). The molecule has 7 heteroatoms. The van der Waals surface area contributed by atoms with Crippen LogP contribution in [0.25, 0.3) is 0 Å². The summed E-state index contributed by atoms with van der Waals surface area (Å²) >= 11 is 1.19. The van der Waals surface area contributed by atoms with Gasteiger partial charge in [-0.2, -0.15) is 0 Å². The fourth-order valence-corrected chi connectivity index (χ4v) is 1.78. The molecule has 0 saturated heterocycles. The van der Waals surface area contributed by atoms with E-state index in [4.69, 9.17) is 10.8 Å². The molecule has 0 aliphatic carbocycles. The maximum Gasteiger partial charge on any atom is 0.355 e. The zero-order valence-corrected chi connectivity index (χ0v) is 10.5. The molecule has 94 valence electrons. The van der Waals surface area contributed by atoms with Crippen molar-refractivity contribution in [3.8, 4) is 0 Å². The van der Waals surface area contributed by atoms with Crippen LogP contribution in [-0.4, -0.2) is 28.0 Å². The molecule has 1 unspecified atom stereocenters. The maximum absolute atomic E-state index is 11.5. The number of carboxylic acid groups (broad SMARTS) is 1. The van der Waals surface area contributed by atoms with Crippen molar-refractivity contribution in [3.63, 3.8) is 0 Å². The van der Waals surface area contributed by atoms with Crippen LogP contribution in [0.4, 0.5) is 0 Å². The standard InChI is InChI=1S/C10H15N3O3S/c1-5(2)8(11)9(14)12-3-7-13-6(4-17-7)10(15)16/h4-5,8H,3,11H2,1-2H3,(H,12,14)(H,15,16). The Balaban J connectivity index is 2.50. The van der Waals surface area contributed by atoms with E-state index < -0.39 is 12.0 Å². The molecule has 0 saturated carbocycles. The average Bonchev–Trinajstić information content (AvgIpc) is 2.73. The first-order valence-corrected chi connectivity index (χ1v) is 6.00. The van der Waals surface area contributed by atoms with E-state index in [9.17, 15) is 9.59 Å². The number of carbonyl (C=O) groups excluding carboxylic acids is 1. The zero-order chi connectivity index (χ0) is 13.0. The number of hydrogen-bond acceptors (Lipinski definition) is 5. The molecular formula is C10H15N3O3S. The number of thiazole rings is 1. The van der Waals surface area contributed by atoms with Crippen LogP contribution in [0.2, 0.25) is 0 Å². The molecule has 4 N–H and O–H groups in total. The Labute approximate surface area is 103 Å². The summed E-state index contributed by atoms with van der Waals surface area (Å²) in [7, 11) is 0. The quantitative estimate of drug-likeness (QED) is 0.710. The maximum atomic E-state index is 11.5. The highest BCUT2D eigenvalue weighted by atomic mass is 32.1. The third kappa shape index (κ3) is 3.79. The highest BCUT2D eigenvalue weighted by Crippen LogP contribution is 2.09. The number of carbonyl (C=O) groups is 2. The summed E-state index contributed by atoms with van der Waals surface area (Å²) in [4.78, 5) is 26.0. The van der Waals surface area contributed by atoms with Gasteiger partial charge >= 0.3 is 5.97 Å². The molecule has 1 amide bonds. The normalized spacial score (nSPS) is 12.5. The monoisotopic (exact) mass is 257 g/mol. The number of rotatable bonds is 5. The molecule has 1 atom stereocenters. The van der Waals surface area contributed by atoms with E-state index in [-0.39, 0.29) is 24.1 Å². The number of carboxylic acids is 1. The summed E-state index contributed by atoms with van der Waals surface area (Å²) in [5.41, 5.74) is 5.65. The van der Waals surface area contributed by atoms with Crippen LogP contribution in [0.5, 0.6) is 0 Å². The Hall–Kier alpha value is -1.47. The lowest BCUT2D eigenvalue weighted by Crippen LogP contribution is -2.43. The van der Waals surface area contributed by atoms with Crippen LogP contribution >= 0.6 is 11.3 Å². The van der Waals surface area contributed by atoms with Crippen LogP contribution in [0.1, 0.15) is 29.3 Å². The summed E-state index contributed by atoms with van der Waals surface area (Å²) < 4.78 is 0. The average molecular weight is 257 g/mol. The molecule has 0 radical (unpaired) electrons. The van der Waals surface area contributed by atoms with Crippen molar-refractivity contribution in [3.05, 3.63) is 16.1 Å². The Kier molecular flexibility index (Phi) is 4.59. The fraction of sp³-hybridized carbons (Fsp3) is 0.500. The summed E-state index contributed by atoms with van der Waals surface area (Å²) in [6.45, 7) is 3.92. The first-order valence-electron chi connectivity index (χ1n) is 5.12. The van der Waals surface area contributed by atoms with E-state index in [0.29, 0.717) is 5.01 Å². The molecule has 1 heterocycles. The minimum absolute atomic E-state index is 0.00703. The van der Waals surface area contributed by atoms with Gasteiger partial charge in [0.25, 0.3) is 0 Å². The largest absolute Gasteiger partial charge is 0.476 e. The second kappa shape index (κ2) is 5.74. The van der Waals surface area contributed by atoms with Gasteiger partial charge in [0.05, 0.1) is 12.6 Å². The minimum Gasteiger partial charge on any atom is -0.476 e. The highest BCUT2D eigenvalue weighted by molar-refractivity contribution is 7.09. The van der Waals surface area contributed by atoms with Gasteiger partial charge in [-0.1, -0.05) is 13.8 Å². The lowest BCUT2D eigenvalue weighted by Gasteiger charge is -2.14. The van der Waals surface area contributed by atoms with E-state index >= 15 is 0 Å². The van der Waals surface area contributed by atoms with E-state index in [1.54, 1.807) is 0 Å². The first kappa shape index (κ1) is 13.6. The topological polar surface area (TPSA) is 105 Å². The van der Waals surface area contributed by atoms with Crippen molar-refractivity contribution in [2.24, 2.45) is 11.7 Å². The molecule has 0 bridgehead atoms. The van der Waals surface area contributed by atoms with Gasteiger partial charge in [0.1, 0.15) is 5.01 Å². The number of nitrogens with one attached hydrogen (secondary N) is 1. The Morgan fingerprint density at radius 1 is 1.59 bits per heavy atom. The number of nitrogens with zero attached hydrogens (tertiary/aromatic N) is 1. The van der Waals surface area contributed by atoms with Crippen molar-refractivity contribution >= 4 is 23.2 Å². The Morgan fingerprint density at radius 3 is 2.71 bits per heavy atom. The number of aromatic carboxylic acids is 1. The second-order valence-corrected chi connectivity index (χ2v) is 4.86. The smallest absolute Gasteiger partial charge is 0.355 e. The highest BCUT2D eigenvalue weighted by Gasteiger charge is 2.17. The van der Waals surface area contributed by atoms with Crippen molar-refractivity contribution in [1.82, 2.24) is 10.3 Å². The summed E-state index contributed by atoms with van der Waals surface area (Å²) in [5.74, 6) is -1.27. The van der Waals surface area contributed by atoms with Gasteiger partial charge in [-0.3, -0.25) is 4.79 Å². The summed E-state index contributed by atoms with van der Waals surface area (Å²) in [6, 6.07) is -0.561. The summed E-state index contributed by atoms with van der Waals surface area (Å²) in [6.07, 6.45) is 0. The predicted molar refractivity (Wildman–Crippen MR) is 63.7 cm³/mol. The summed E-state index contributed by atoms with van der Waals surface area (Å²) in [5, 5.41) is 13.3. The van der Waals surface area contributed by atoms with Crippen LogP contribution in [-0.2, 0) is 11.3 Å². The minimum atomic E-state index is -1.07. The van der Waals surface area contributed by atoms with Gasteiger partial charge in [0, 0.05) is 5.38 Å². The van der Waals surface area contributed by atoms with Crippen molar-refractivity contribution in [2.45, 2.75) is 26.4 Å². The van der Waals surface area contributed by atoms with Crippen LogP contribution < -0.4 is 11.1 Å².